The zero-order chi connectivity index (χ0) is 14.1. The van der Waals surface area contributed by atoms with Gasteiger partial charge in [0.05, 0.1) is 19.3 Å². The summed E-state index contributed by atoms with van der Waals surface area (Å²) in [5, 5.41) is 0. The van der Waals surface area contributed by atoms with Crippen molar-refractivity contribution in [2.75, 3.05) is 13.7 Å². The lowest BCUT2D eigenvalue weighted by Crippen LogP contribution is -2.12. The first-order valence-corrected chi connectivity index (χ1v) is 6.43. The molecule has 0 radical (unpaired) electrons. The van der Waals surface area contributed by atoms with Crippen LogP contribution in [0.4, 0.5) is 0 Å². The van der Waals surface area contributed by atoms with Crippen molar-refractivity contribution in [3.63, 3.8) is 0 Å². The quantitative estimate of drug-likeness (QED) is 0.930. The van der Waals surface area contributed by atoms with Gasteiger partial charge in [0.2, 0.25) is 0 Å². The maximum absolute atomic E-state index is 11.6. The van der Waals surface area contributed by atoms with Crippen LogP contribution in [0.3, 0.4) is 0 Å². The largest absolute Gasteiger partial charge is 0.497 e. The molecule has 4 nitrogen and oxygen atoms in total. The predicted molar refractivity (Wildman–Crippen MR) is 76.1 cm³/mol. The topological polar surface area (TPSA) is 61.5 Å². The van der Waals surface area contributed by atoms with Gasteiger partial charge in [-0.1, -0.05) is 12.1 Å². The Kier molecular flexibility index (Phi) is 3.06. The van der Waals surface area contributed by atoms with E-state index >= 15 is 0 Å². The number of hydrogen-bond acceptors (Lipinski definition) is 3. The van der Waals surface area contributed by atoms with E-state index in [1.54, 1.807) is 13.2 Å². The molecular weight excluding hydrogens is 254 g/mol. The van der Waals surface area contributed by atoms with Crippen molar-refractivity contribution in [2.24, 2.45) is 5.73 Å². The fourth-order valence-electron chi connectivity index (χ4n) is 2.44. The third-order valence-electron chi connectivity index (χ3n) is 3.47. The van der Waals surface area contributed by atoms with Crippen molar-refractivity contribution in [1.82, 2.24) is 0 Å². The maximum atomic E-state index is 11.6. The van der Waals surface area contributed by atoms with Crippen LogP contribution in [0.2, 0.25) is 0 Å². The van der Waals surface area contributed by atoms with Crippen LogP contribution < -0.4 is 15.2 Å². The van der Waals surface area contributed by atoms with Gasteiger partial charge in [0.1, 0.15) is 11.5 Å². The minimum Gasteiger partial charge on any atom is -0.497 e. The van der Waals surface area contributed by atoms with Gasteiger partial charge in [-0.05, 0) is 41.0 Å². The molecule has 0 atom stereocenters. The normalized spacial score (nSPS) is 12.7. The third-order valence-corrected chi connectivity index (χ3v) is 3.47. The highest BCUT2D eigenvalue weighted by atomic mass is 16.5. The van der Waals surface area contributed by atoms with Gasteiger partial charge in [0.15, 0.2) is 0 Å². The number of methoxy groups -OCH3 is 1. The summed E-state index contributed by atoms with van der Waals surface area (Å²) >= 11 is 0. The molecule has 0 bridgehead atoms. The Morgan fingerprint density at radius 1 is 1.20 bits per heavy atom. The molecule has 0 aliphatic carbocycles. The molecule has 3 rings (SSSR count). The third kappa shape index (κ3) is 2.09. The molecule has 2 N–H and O–H groups in total. The summed E-state index contributed by atoms with van der Waals surface area (Å²) < 4.78 is 10.6. The zero-order valence-electron chi connectivity index (χ0n) is 11.2. The number of ether oxygens (including phenoxy) is 2. The van der Waals surface area contributed by atoms with E-state index in [9.17, 15) is 4.79 Å². The summed E-state index contributed by atoms with van der Waals surface area (Å²) in [6.07, 6.45) is 0.805. The Morgan fingerprint density at radius 2 is 1.95 bits per heavy atom. The number of primary amides is 1. The summed E-state index contributed by atoms with van der Waals surface area (Å²) in [5.41, 5.74) is 8.90. The average Bonchev–Trinajstić information content (AvgIpc) is 2.94. The Balaban J connectivity index is 2.09. The zero-order valence-corrected chi connectivity index (χ0v) is 11.2. The van der Waals surface area contributed by atoms with Crippen LogP contribution in [0.25, 0.3) is 11.1 Å². The number of benzene rings is 2. The Hall–Kier alpha value is -2.49. The van der Waals surface area contributed by atoms with Gasteiger partial charge in [0.25, 0.3) is 5.91 Å². The Bertz CT molecular complexity index is 662. The average molecular weight is 269 g/mol. The first-order valence-electron chi connectivity index (χ1n) is 6.43. The number of hydrogen-bond donors (Lipinski definition) is 1. The lowest BCUT2D eigenvalue weighted by atomic mass is 9.98. The van der Waals surface area contributed by atoms with Crippen molar-refractivity contribution < 1.29 is 14.3 Å². The number of carbonyl (C=O) groups excluding carboxylic acids is 1. The second-order valence-electron chi connectivity index (χ2n) is 4.70. The second-order valence-corrected chi connectivity index (χ2v) is 4.70. The van der Waals surface area contributed by atoms with Crippen LogP contribution in [-0.4, -0.2) is 19.6 Å². The highest BCUT2D eigenvalue weighted by Gasteiger charge is 2.21. The number of rotatable bonds is 3. The fourth-order valence-corrected chi connectivity index (χ4v) is 2.44. The highest BCUT2D eigenvalue weighted by Crippen LogP contribution is 2.34. The summed E-state index contributed by atoms with van der Waals surface area (Å²) in [6.45, 7) is 0.599. The van der Waals surface area contributed by atoms with Crippen molar-refractivity contribution in [3.8, 4) is 22.6 Å². The van der Waals surface area contributed by atoms with Crippen LogP contribution in [0, 0.1) is 0 Å². The second kappa shape index (κ2) is 4.89. The van der Waals surface area contributed by atoms with Crippen LogP contribution in [-0.2, 0) is 6.42 Å². The minimum absolute atomic E-state index is 0.450. The van der Waals surface area contributed by atoms with Gasteiger partial charge < -0.3 is 15.2 Å². The first-order chi connectivity index (χ1) is 9.69. The number of nitrogens with two attached hydrogens (primary N) is 1. The molecule has 0 saturated carbocycles. The molecule has 2 aromatic rings. The van der Waals surface area contributed by atoms with E-state index in [0.29, 0.717) is 17.9 Å². The number of fused-ring (bicyclic) bond motifs is 1. The van der Waals surface area contributed by atoms with Gasteiger partial charge in [-0.3, -0.25) is 4.79 Å². The summed E-state index contributed by atoms with van der Waals surface area (Å²) in [4.78, 5) is 11.6. The lowest BCUT2D eigenvalue weighted by Gasteiger charge is -2.09. The van der Waals surface area contributed by atoms with E-state index < -0.39 is 5.91 Å². The molecule has 0 unspecified atom stereocenters. The van der Waals surface area contributed by atoms with Gasteiger partial charge >= 0.3 is 0 Å². The SMILES string of the molecule is COc1ccc(-c2cc3c(c(C(N)=O)c2)OCC3)cc1. The standard InChI is InChI=1S/C16H15NO3/c1-19-13-4-2-10(3-5-13)12-8-11-6-7-20-15(11)14(9-12)16(17)18/h2-5,8-9H,6-7H2,1H3,(H2,17,18). The summed E-state index contributed by atoms with van der Waals surface area (Å²) in [6, 6.07) is 11.5. The Morgan fingerprint density at radius 3 is 2.60 bits per heavy atom. The summed E-state index contributed by atoms with van der Waals surface area (Å²) in [5.74, 6) is 0.974. The maximum Gasteiger partial charge on any atom is 0.252 e. The summed E-state index contributed by atoms with van der Waals surface area (Å²) in [7, 11) is 1.63. The van der Waals surface area contributed by atoms with E-state index in [2.05, 4.69) is 6.07 Å². The van der Waals surface area contributed by atoms with Crippen molar-refractivity contribution in [1.29, 1.82) is 0 Å². The van der Waals surface area contributed by atoms with E-state index in [0.717, 1.165) is 28.9 Å². The molecule has 102 valence electrons. The van der Waals surface area contributed by atoms with Crippen LogP contribution in [0.15, 0.2) is 36.4 Å². The van der Waals surface area contributed by atoms with Gasteiger partial charge in [-0.2, -0.15) is 0 Å². The molecule has 4 heteroatoms. The molecule has 2 aromatic carbocycles. The predicted octanol–water partition coefficient (Wildman–Crippen LogP) is 2.40. The molecular formula is C16H15NO3. The van der Waals surface area contributed by atoms with Gasteiger partial charge in [-0.25, -0.2) is 0 Å². The van der Waals surface area contributed by atoms with Crippen LogP contribution in [0.5, 0.6) is 11.5 Å². The van der Waals surface area contributed by atoms with Gasteiger partial charge in [-0.15, -0.1) is 0 Å². The molecule has 0 spiro atoms. The molecule has 1 heterocycles. The lowest BCUT2D eigenvalue weighted by molar-refractivity contribution is 0.0997. The number of amides is 1. The molecule has 1 amide bonds. The van der Waals surface area contributed by atoms with Gasteiger partial charge in [0, 0.05) is 6.42 Å². The molecule has 1 aliphatic heterocycles. The molecule has 0 saturated heterocycles. The molecule has 1 aliphatic rings. The smallest absolute Gasteiger partial charge is 0.252 e. The van der Waals surface area contributed by atoms with Crippen molar-refractivity contribution in [2.45, 2.75) is 6.42 Å². The molecule has 0 fully saturated rings. The Labute approximate surface area is 117 Å². The fraction of sp³-hybridized carbons (Fsp3) is 0.188. The minimum atomic E-state index is -0.460. The van der Waals surface area contributed by atoms with E-state index in [-0.39, 0.29) is 0 Å². The van der Waals surface area contributed by atoms with Crippen LogP contribution >= 0.6 is 0 Å². The number of carbonyl (C=O) groups is 1. The van der Waals surface area contributed by atoms with Crippen molar-refractivity contribution >= 4 is 5.91 Å². The monoisotopic (exact) mass is 269 g/mol. The molecule has 20 heavy (non-hydrogen) atoms. The van der Waals surface area contributed by atoms with Crippen molar-refractivity contribution in [3.05, 3.63) is 47.5 Å². The first kappa shape index (κ1) is 12.5. The van der Waals surface area contributed by atoms with E-state index in [1.165, 1.54) is 0 Å². The van der Waals surface area contributed by atoms with Crippen LogP contribution in [0.1, 0.15) is 15.9 Å². The molecule has 0 aromatic heterocycles. The van der Waals surface area contributed by atoms with E-state index in [1.807, 2.05) is 24.3 Å². The highest BCUT2D eigenvalue weighted by molar-refractivity contribution is 5.97. The van der Waals surface area contributed by atoms with E-state index in [4.69, 9.17) is 15.2 Å².